The maximum absolute atomic E-state index is 6.59. The molecule has 0 bridgehead atoms. The van der Waals surface area contributed by atoms with E-state index in [0.29, 0.717) is 19.1 Å². The van der Waals surface area contributed by atoms with Gasteiger partial charge in [0.1, 0.15) is 0 Å². The van der Waals surface area contributed by atoms with Crippen LogP contribution in [0.3, 0.4) is 0 Å². The number of benzene rings is 1. The molecule has 3 nitrogen and oxygen atoms in total. The fraction of sp³-hybridized carbons (Fsp3) is 0.625. The number of hydrogen-bond donors (Lipinski definition) is 0. The Balaban J connectivity index is 2.20. The largest absolute Gasteiger partial charge is 0.490 e. The van der Waals surface area contributed by atoms with Gasteiger partial charge in [0.2, 0.25) is 0 Å². The van der Waals surface area contributed by atoms with Gasteiger partial charge in [0.25, 0.3) is 0 Å². The number of halogens is 1. The summed E-state index contributed by atoms with van der Waals surface area (Å²) in [6.45, 7) is 8.12. The second-order valence-corrected chi connectivity index (χ2v) is 5.55. The van der Waals surface area contributed by atoms with E-state index in [1.807, 2.05) is 32.0 Å². The molecule has 1 heterocycles. The Bertz CT molecular complexity index is 436. The summed E-state index contributed by atoms with van der Waals surface area (Å²) >= 11 is 6.59. The Hall–Kier alpha value is -0.930. The van der Waals surface area contributed by atoms with Crippen LogP contribution in [0.1, 0.15) is 38.1 Å². The molecule has 3 unspecified atom stereocenters. The van der Waals surface area contributed by atoms with E-state index in [4.69, 9.17) is 25.8 Å². The maximum atomic E-state index is 6.59. The average Bonchev–Trinajstić information content (AvgIpc) is 2.86. The molecule has 3 atom stereocenters. The summed E-state index contributed by atoms with van der Waals surface area (Å²) < 4.78 is 17.0. The van der Waals surface area contributed by atoms with Crippen LogP contribution in [0.15, 0.2) is 18.2 Å². The minimum atomic E-state index is -0.151. The highest BCUT2D eigenvalue weighted by Crippen LogP contribution is 2.39. The Morgan fingerprint density at radius 1 is 1.25 bits per heavy atom. The molecule has 0 aliphatic carbocycles. The molecule has 0 amide bonds. The lowest BCUT2D eigenvalue weighted by atomic mass is 9.97. The molecular formula is C16H23ClO3. The maximum Gasteiger partial charge on any atom is 0.161 e. The lowest BCUT2D eigenvalue weighted by molar-refractivity contribution is 0.0903. The summed E-state index contributed by atoms with van der Waals surface area (Å²) in [7, 11) is 0. The molecule has 2 rings (SSSR count). The van der Waals surface area contributed by atoms with Crippen molar-refractivity contribution in [3.63, 3.8) is 0 Å². The van der Waals surface area contributed by atoms with Crippen LogP contribution >= 0.6 is 11.6 Å². The average molecular weight is 299 g/mol. The fourth-order valence-electron chi connectivity index (χ4n) is 2.52. The van der Waals surface area contributed by atoms with Crippen molar-refractivity contribution in [1.29, 1.82) is 0 Å². The van der Waals surface area contributed by atoms with Crippen LogP contribution in [0.4, 0.5) is 0 Å². The van der Waals surface area contributed by atoms with Gasteiger partial charge >= 0.3 is 0 Å². The van der Waals surface area contributed by atoms with Crippen LogP contribution in [0.5, 0.6) is 11.5 Å². The molecule has 1 saturated heterocycles. The van der Waals surface area contributed by atoms with Gasteiger partial charge in [-0.25, -0.2) is 0 Å². The Morgan fingerprint density at radius 2 is 1.95 bits per heavy atom. The molecule has 0 radical (unpaired) electrons. The van der Waals surface area contributed by atoms with Gasteiger partial charge < -0.3 is 14.2 Å². The van der Waals surface area contributed by atoms with E-state index in [9.17, 15) is 0 Å². The molecule has 0 N–H and O–H groups in total. The molecule has 4 heteroatoms. The number of hydrogen-bond acceptors (Lipinski definition) is 3. The highest BCUT2D eigenvalue weighted by Gasteiger charge is 2.32. The van der Waals surface area contributed by atoms with Crippen molar-refractivity contribution in [3.05, 3.63) is 23.8 Å². The van der Waals surface area contributed by atoms with Gasteiger partial charge in [-0.2, -0.15) is 0 Å². The van der Waals surface area contributed by atoms with Crippen LogP contribution in [0.25, 0.3) is 0 Å². The van der Waals surface area contributed by atoms with E-state index in [0.717, 1.165) is 30.1 Å². The van der Waals surface area contributed by atoms with Gasteiger partial charge in [-0.3, -0.25) is 0 Å². The molecule has 0 saturated carbocycles. The number of rotatable bonds is 6. The standard InChI is InChI=1S/C16H23ClO3/c1-4-18-13-7-6-12(10-14(13)19-5-2)15(17)16-11(3)8-9-20-16/h6-7,10-11,15-16H,4-5,8-9H2,1-3H3. The predicted octanol–water partition coefficient (Wildman–Crippen LogP) is 4.19. The third-order valence-electron chi connectivity index (χ3n) is 3.62. The first-order valence-corrected chi connectivity index (χ1v) is 7.76. The molecular weight excluding hydrogens is 276 g/mol. The highest BCUT2D eigenvalue weighted by atomic mass is 35.5. The van der Waals surface area contributed by atoms with Crippen molar-refractivity contribution in [2.45, 2.75) is 38.7 Å². The second-order valence-electron chi connectivity index (χ2n) is 5.08. The second kappa shape index (κ2) is 7.19. The lowest BCUT2D eigenvalue weighted by Crippen LogP contribution is -2.19. The van der Waals surface area contributed by atoms with Crippen LogP contribution in [0, 0.1) is 5.92 Å². The van der Waals surface area contributed by atoms with Crippen LogP contribution in [0.2, 0.25) is 0 Å². The zero-order valence-electron chi connectivity index (χ0n) is 12.4. The summed E-state index contributed by atoms with van der Waals surface area (Å²) in [4.78, 5) is 0. The van der Waals surface area contributed by atoms with Crippen LogP contribution in [-0.2, 0) is 4.74 Å². The molecule has 0 aromatic heterocycles. The molecule has 1 aromatic rings. The van der Waals surface area contributed by atoms with Gasteiger partial charge in [-0.05, 0) is 43.9 Å². The fourth-order valence-corrected chi connectivity index (χ4v) is 2.98. The highest BCUT2D eigenvalue weighted by molar-refractivity contribution is 6.21. The van der Waals surface area contributed by atoms with Crippen LogP contribution in [-0.4, -0.2) is 25.9 Å². The summed E-state index contributed by atoms with van der Waals surface area (Å²) in [5.41, 5.74) is 1.03. The summed E-state index contributed by atoms with van der Waals surface area (Å²) in [5, 5.41) is -0.151. The lowest BCUT2D eigenvalue weighted by Gasteiger charge is -2.22. The SMILES string of the molecule is CCOc1ccc(C(Cl)C2OCCC2C)cc1OCC. The van der Waals surface area contributed by atoms with Crippen molar-refractivity contribution in [1.82, 2.24) is 0 Å². The molecule has 1 fully saturated rings. The van der Waals surface area contributed by atoms with E-state index in [2.05, 4.69) is 6.92 Å². The van der Waals surface area contributed by atoms with Crippen molar-refractivity contribution in [2.24, 2.45) is 5.92 Å². The smallest absolute Gasteiger partial charge is 0.161 e. The zero-order valence-corrected chi connectivity index (χ0v) is 13.2. The third kappa shape index (κ3) is 3.39. The monoisotopic (exact) mass is 298 g/mol. The Morgan fingerprint density at radius 3 is 2.55 bits per heavy atom. The Kier molecular flexibility index (Phi) is 5.55. The first-order chi connectivity index (χ1) is 9.67. The predicted molar refractivity (Wildman–Crippen MR) is 80.9 cm³/mol. The van der Waals surface area contributed by atoms with Crippen molar-refractivity contribution in [2.75, 3.05) is 19.8 Å². The summed E-state index contributed by atoms with van der Waals surface area (Å²) in [6, 6.07) is 5.90. The normalized spacial score (nSPS) is 23.6. The van der Waals surface area contributed by atoms with Gasteiger partial charge in [0.15, 0.2) is 11.5 Å². The first-order valence-electron chi connectivity index (χ1n) is 7.32. The van der Waals surface area contributed by atoms with Crippen molar-refractivity contribution < 1.29 is 14.2 Å². The summed E-state index contributed by atoms with van der Waals surface area (Å²) in [5.74, 6) is 2.00. The van der Waals surface area contributed by atoms with E-state index in [1.165, 1.54) is 0 Å². The molecule has 0 spiro atoms. The van der Waals surface area contributed by atoms with E-state index < -0.39 is 0 Å². The molecule has 112 valence electrons. The quantitative estimate of drug-likeness (QED) is 0.737. The Labute approximate surface area is 126 Å². The molecule has 1 aromatic carbocycles. The summed E-state index contributed by atoms with van der Waals surface area (Å²) in [6.07, 6.45) is 1.15. The molecule has 1 aliphatic rings. The van der Waals surface area contributed by atoms with Gasteiger partial charge in [0.05, 0.1) is 24.7 Å². The number of ether oxygens (including phenoxy) is 3. The van der Waals surface area contributed by atoms with Gasteiger partial charge in [-0.1, -0.05) is 13.0 Å². The molecule has 1 aliphatic heterocycles. The van der Waals surface area contributed by atoms with Crippen molar-refractivity contribution >= 4 is 11.6 Å². The zero-order chi connectivity index (χ0) is 14.5. The van der Waals surface area contributed by atoms with E-state index >= 15 is 0 Å². The number of alkyl halides is 1. The third-order valence-corrected chi connectivity index (χ3v) is 4.12. The minimum Gasteiger partial charge on any atom is -0.490 e. The minimum absolute atomic E-state index is 0.0732. The van der Waals surface area contributed by atoms with Crippen LogP contribution < -0.4 is 9.47 Å². The van der Waals surface area contributed by atoms with Gasteiger partial charge in [0, 0.05) is 6.61 Å². The van der Waals surface area contributed by atoms with E-state index in [1.54, 1.807) is 0 Å². The first kappa shape index (κ1) is 15.5. The van der Waals surface area contributed by atoms with Gasteiger partial charge in [-0.15, -0.1) is 11.6 Å². The molecule has 20 heavy (non-hydrogen) atoms. The van der Waals surface area contributed by atoms with E-state index in [-0.39, 0.29) is 11.5 Å². The topological polar surface area (TPSA) is 27.7 Å². The van der Waals surface area contributed by atoms with Crippen molar-refractivity contribution in [3.8, 4) is 11.5 Å².